The number of benzene rings is 2. The van der Waals surface area contributed by atoms with Gasteiger partial charge in [0.25, 0.3) is 0 Å². The summed E-state index contributed by atoms with van der Waals surface area (Å²) < 4.78 is 8.04. The van der Waals surface area contributed by atoms with Crippen LogP contribution < -0.4 is 10.5 Å². The predicted octanol–water partition coefficient (Wildman–Crippen LogP) is 4.93. The van der Waals surface area contributed by atoms with Gasteiger partial charge in [-0.3, -0.25) is 0 Å². The van der Waals surface area contributed by atoms with Crippen LogP contribution in [0.5, 0.6) is 11.5 Å². The molecule has 2 N–H and O–H groups in total. The third-order valence-electron chi connectivity index (χ3n) is 4.08. The number of nitrogens with zero attached hydrogens (tertiary/aromatic N) is 1. The Hall–Kier alpha value is -2.52. The number of aromatic nitrogens is 1. The van der Waals surface area contributed by atoms with E-state index in [4.69, 9.17) is 10.5 Å². The molecule has 0 bridgehead atoms. The maximum absolute atomic E-state index is 5.84. The average Bonchev–Trinajstić information content (AvgIpc) is 3.04. The number of para-hydroxylation sites is 1. The molecule has 0 amide bonds. The van der Waals surface area contributed by atoms with Gasteiger partial charge in [-0.15, -0.1) is 0 Å². The third-order valence-corrected chi connectivity index (χ3v) is 4.08. The summed E-state index contributed by atoms with van der Waals surface area (Å²) >= 11 is 0. The minimum absolute atomic E-state index is 0.101. The van der Waals surface area contributed by atoms with E-state index in [9.17, 15) is 0 Å². The average molecular weight is 320 g/mol. The summed E-state index contributed by atoms with van der Waals surface area (Å²) in [7, 11) is 0. The van der Waals surface area contributed by atoms with Gasteiger partial charge in [-0.1, -0.05) is 44.2 Å². The molecule has 124 valence electrons. The van der Waals surface area contributed by atoms with E-state index in [0.717, 1.165) is 18.0 Å². The molecule has 1 heterocycles. The van der Waals surface area contributed by atoms with Crippen LogP contribution in [-0.4, -0.2) is 11.1 Å². The molecule has 0 fully saturated rings. The summed E-state index contributed by atoms with van der Waals surface area (Å²) in [5, 5.41) is 0. The molecule has 24 heavy (non-hydrogen) atoms. The summed E-state index contributed by atoms with van der Waals surface area (Å²) in [6.07, 6.45) is 4.28. The van der Waals surface area contributed by atoms with Crippen LogP contribution in [0.2, 0.25) is 0 Å². The molecule has 0 aliphatic rings. The second-order valence-electron chi connectivity index (χ2n) is 6.88. The lowest BCUT2D eigenvalue weighted by Gasteiger charge is -2.22. The first-order chi connectivity index (χ1) is 11.6. The molecule has 0 radical (unpaired) electrons. The Morgan fingerprint density at radius 2 is 1.54 bits per heavy atom. The van der Waals surface area contributed by atoms with Gasteiger partial charge in [-0.25, -0.2) is 0 Å². The fraction of sp³-hybridized carbons (Fsp3) is 0.238. The van der Waals surface area contributed by atoms with E-state index >= 15 is 0 Å². The zero-order chi connectivity index (χ0) is 17.0. The highest BCUT2D eigenvalue weighted by atomic mass is 16.5. The van der Waals surface area contributed by atoms with Crippen molar-refractivity contribution in [1.29, 1.82) is 0 Å². The highest BCUT2D eigenvalue weighted by Crippen LogP contribution is 2.27. The summed E-state index contributed by atoms with van der Waals surface area (Å²) in [6, 6.07) is 20.1. The maximum Gasteiger partial charge on any atom is 0.127 e. The Balaban J connectivity index is 1.71. The van der Waals surface area contributed by atoms with Crippen LogP contribution in [0.15, 0.2) is 73.1 Å². The monoisotopic (exact) mass is 320 g/mol. The van der Waals surface area contributed by atoms with Crippen LogP contribution in [0.1, 0.15) is 13.8 Å². The molecule has 2 aromatic carbocycles. The van der Waals surface area contributed by atoms with Crippen molar-refractivity contribution < 1.29 is 4.74 Å². The molecule has 0 aliphatic carbocycles. The van der Waals surface area contributed by atoms with E-state index in [0.29, 0.717) is 6.54 Å². The lowest BCUT2D eigenvalue weighted by atomic mass is 9.94. The largest absolute Gasteiger partial charge is 0.457 e. The van der Waals surface area contributed by atoms with Crippen LogP contribution in [-0.2, 0) is 6.54 Å². The van der Waals surface area contributed by atoms with Crippen molar-refractivity contribution in [2.45, 2.75) is 20.4 Å². The van der Waals surface area contributed by atoms with Crippen LogP contribution in [0.25, 0.3) is 11.1 Å². The minimum Gasteiger partial charge on any atom is -0.457 e. The molecule has 3 aromatic rings. The number of nitrogens with two attached hydrogens (primary N) is 1. The molecule has 0 aliphatic heterocycles. The quantitative estimate of drug-likeness (QED) is 0.699. The zero-order valence-electron chi connectivity index (χ0n) is 14.3. The Kier molecular flexibility index (Phi) is 4.72. The van der Waals surface area contributed by atoms with Crippen molar-refractivity contribution in [3.63, 3.8) is 0 Å². The lowest BCUT2D eigenvalue weighted by Crippen LogP contribution is -2.28. The van der Waals surface area contributed by atoms with E-state index in [1.165, 1.54) is 11.1 Å². The standard InChI is InChI=1S/C21H24N2O/c1-21(2,15-22)16-23-13-12-18(14-23)17-8-10-20(11-9-17)24-19-6-4-3-5-7-19/h3-14H,15-16,22H2,1-2H3. The van der Waals surface area contributed by atoms with Gasteiger partial charge in [0.1, 0.15) is 11.5 Å². The van der Waals surface area contributed by atoms with Gasteiger partial charge in [-0.05, 0) is 53.4 Å². The Morgan fingerprint density at radius 3 is 2.21 bits per heavy atom. The fourth-order valence-electron chi connectivity index (χ4n) is 2.61. The van der Waals surface area contributed by atoms with Crippen LogP contribution >= 0.6 is 0 Å². The minimum atomic E-state index is 0.101. The SMILES string of the molecule is CC(C)(CN)Cn1ccc(-c2ccc(Oc3ccccc3)cc2)c1. The van der Waals surface area contributed by atoms with Crippen molar-refractivity contribution in [2.24, 2.45) is 11.1 Å². The summed E-state index contributed by atoms with van der Waals surface area (Å²) in [5.41, 5.74) is 8.31. The van der Waals surface area contributed by atoms with Crippen LogP contribution in [0.4, 0.5) is 0 Å². The van der Waals surface area contributed by atoms with Crippen molar-refractivity contribution in [3.05, 3.63) is 73.1 Å². The van der Waals surface area contributed by atoms with E-state index in [1.54, 1.807) is 0 Å². The van der Waals surface area contributed by atoms with Gasteiger partial charge in [-0.2, -0.15) is 0 Å². The first-order valence-electron chi connectivity index (χ1n) is 8.25. The molecular formula is C21H24N2O. The summed E-state index contributed by atoms with van der Waals surface area (Å²) in [6.45, 7) is 5.95. The highest BCUT2D eigenvalue weighted by Gasteiger charge is 2.16. The van der Waals surface area contributed by atoms with E-state index < -0.39 is 0 Å². The molecule has 1 aromatic heterocycles. The van der Waals surface area contributed by atoms with E-state index in [2.05, 4.69) is 49.0 Å². The number of hydrogen-bond donors (Lipinski definition) is 1. The fourth-order valence-corrected chi connectivity index (χ4v) is 2.61. The topological polar surface area (TPSA) is 40.2 Å². The Bertz CT molecular complexity index is 773. The maximum atomic E-state index is 5.84. The van der Waals surface area contributed by atoms with Gasteiger partial charge in [0.05, 0.1) is 0 Å². The first-order valence-corrected chi connectivity index (χ1v) is 8.25. The zero-order valence-corrected chi connectivity index (χ0v) is 14.3. The smallest absolute Gasteiger partial charge is 0.127 e. The van der Waals surface area contributed by atoms with Gasteiger partial charge >= 0.3 is 0 Å². The van der Waals surface area contributed by atoms with Crippen molar-refractivity contribution in [3.8, 4) is 22.6 Å². The van der Waals surface area contributed by atoms with Gasteiger partial charge in [0, 0.05) is 18.9 Å². The first kappa shape index (κ1) is 16.3. The molecule has 3 nitrogen and oxygen atoms in total. The number of ether oxygens (including phenoxy) is 1. The number of hydrogen-bond acceptors (Lipinski definition) is 2. The third kappa shape index (κ3) is 4.06. The second kappa shape index (κ2) is 6.93. The normalized spacial score (nSPS) is 11.5. The molecule has 0 atom stereocenters. The summed E-state index contributed by atoms with van der Waals surface area (Å²) in [4.78, 5) is 0. The van der Waals surface area contributed by atoms with E-state index in [-0.39, 0.29) is 5.41 Å². The molecule has 0 unspecified atom stereocenters. The van der Waals surface area contributed by atoms with E-state index in [1.807, 2.05) is 42.5 Å². The Morgan fingerprint density at radius 1 is 0.875 bits per heavy atom. The molecule has 0 spiro atoms. The highest BCUT2D eigenvalue weighted by molar-refractivity contribution is 5.63. The lowest BCUT2D eigenvalue weighted by molar-refractivity contribution is 0.318. The van der Waals surface area contributed by atoms with Gasteiger partial charge in [0.2, 0.25) is 0 Å². The molecule has 3 heteroatoms. The molecular weight excluding hydrogens is 296 g/mol. The second-order valence-corrected chi connectivity index (χ2v) is 6.88. The molecule has 3 rings (SSSR count). The van der Waals surface area contributed by atoms with Crippen molar-refractivity contribution in [2.75, 3.05) is 6.54 Å². The van der Waals surface area contributed by atoms with Crippen molar-refractivity contribution >= 4 is 0 Å². The van der Waals surface area contributed by atoms with Crippen LogP contribution in [0, 0.1) is 5.41 Å². The Labute approximate surface area is 143 Å². The van der Waals surface area contributed by atoms with Crippen molar-refractivity contribution in [1.82, 2.24) is 4.57 Å². The van der Waals surface area contributed by atoms with Gasteiger partial charge < -0.3 is 15.0 Å². The molecule has 0 saturated carbocycles. The van der Waals surface area contributed by atoms with Gasteiger partial charge in [0.15, 0.2) is 0 Å². The summed E-state index contributed by atoms with van der Waals surface area (Å²) in [5.74, 6) is 1.69. The predicted molar refractivity (Wildman–Crippen MR) is 99.2 cm³/mol. The number of rotatable bonds is 6. The molecule has 0 saturated heterocycles. The van der Waals surface area contributed by atoms with Crippen LogP contribution in [0.3, 0.4) is 0 Å².